The molecule has 0 radical (unpaired) electrons. The van der Waals surface area contributed by atoms with Crippen molar-refractivity contribution in [3.8, 4) is 5.82 Å². The third-order valence-electron chi connectivity index (χ3n) is 10.6. The molecular weight excluding hydrogens is 828 g/mol. The number of hydrogen-bond acceptors (Lipinski definition) is 3. The molecule has 0 atom stereocenters. The van der Waals surface area contributed by atoms with Crippen LogP contribution < -0.4 is 9.80 Å². The fraction of sp³-hybridized carbons (Fsp3) is 0.146. The van der Waals surface area contributed by atoms with Crippen LogP contribution in [0.25, 0.3) is 27.6 Å². The van der Waals surface area contributed by atoms with Crippen molar-refractivity contribution < 1.29 is 21.1 Å². The molecule has 1 aliphatic heterocycles. The van der Waals surface area contributed by atoms with Crippen LogP contribution in [0.15, 0.2) is 158 Å². The first-order chi connectivity index (χ1) is 25.3. The smallest absolute Gasteiger partial charge is 0.347 e. The van der Waals surface area contributed by atoms with Crippen LogP contribution in [-0.4, -0.2) is 21.8 Å². The number of fused-ring (bicyclic) bond motifs is 4. The molecule has 0 fully saturated rings. The summed E-state index contributed by atoms with van der Waals surface area (Å²) in [6.45, 7) is 9.70. The zero-order chi connectivity index (χ0) is 35.5. The number of anilines is 3. The van der Waals surface area contributed by atoms with Gasteiger partial charge in [0.15, 0.2) is 0 Å². The summed E-state index contributed by atoms with van der Waals surface area (Å²) in [5, 5.41) is 2.32. The summed E-state index contributed by atoms with van der Waals surface area (Å²) < 4.78 is 2.27. The minimum absolute atomic E-state index is 0. The van der Waals surface area contributed by atoms with E-state index < -0.39 is 5.41 Å². The normalized spacial score (nSPS) is 13.0. The van der Waals surface area contributed by atoms with Crippen LogP contribution in [0.3, 0.4) is 0 Å². The van der Waals surface area contributed by atoms with Gasteiger partial charge in [-0.1, -0.05) is 102 Å². The molecule has 0 amide bonds. The van der Waals surface area contributed by atoms with E-state index in [2.05, 4.69) is 200 Å². The molecule has 4 nitrogen and oxygen atoms in total. The maximum Gasteiger partial charge on any atom is 2.00 e. The van der Waals surface area contributed by atoms with Crippen LogP contribution in [0.1, 0.15) is 48.6 Å². The van der Waals surface area contributed by atoms with E-state index in [9.17, 15) is 0 Å². The van der Waals surface area contributed by atoms with Gasteiger partial charge in [0.2, 0.25) is 0 Å². The molecule has 3 heterocycles. The van der Waals surface area contributed by atoms with Gasteiger partial charge < -0.3 is 14.4 Å². The van der Waals surface area contributed by atoms with Gasteiger partial charge >= 0.3 is 21.1 Å². The van der Waals surface area contributed by atoms with E-state index in [1.54, 1.807) is 0 Å². The van der Waals surface area contributed by atoms with E-state index in [-0.39, 0.29) is 26.6 Å². The summed E-state index contributed by atoms with van der Waals surface area (Å²) in [6, 6.07) is 62.5. The number of hydrogen-bond donors (Lipinski definition) is 0. The van der Waals surface area contributed by atoms with E-state index in [0.29, 0.717) is 0 Å². The zero-order valence-corrected chi connectivity index (χ0v) is 32.6. The molecule has 8 aromatic rings. The van der Waals surface area contributed by atoms with Crippen molar-refractivity contribution in [1.29, 1.82) is 0 Å². The van der Waals surface area contributed by atoms with E-state index in [1.807, 2.05) is 12.3 Å². The summed E-state index contributed by atoms with van der Waals surface area (Å²) >= 11 is 0. The Balaban J connectivity index is 0.00000400. The number of aromatic nitrogens is 2. The number of aryl methyl sites for hydroxylation is 1. The average molecular weight is 868 g/mol. The predicted octanol–water partition coefficient (Wildman–Crippen LogP) is 11.2. The Bertz CT molecular complexity index is 2530. The van der Waals surface area contributed by atoms with Gasteiger partial charge in [-0.25, -0.2) is 4.98 Å². The number of pyridine rings is 1. The van der Waals surface area contributed by atoms with Crippen molar-refractivity contribution in [2.75, 3.05) is 16.5 Å². The molecule has 0 saturated heterocycles. The first-order valence-electron chi connectivity index (χ1n) is 18.0. The van der Waals surface area contributed by atoms with Crippen LogP contribution in [0.5, 0.6) is 0 Å². The van der Waals surface area contributed by atoms with Gasteiger partial charge in [0, 0.05) is 22.7 Å². The Morgan fingerprint density at radius 2 is 1.25 bits per heavy atom. The van der Waals surface area contributed by atoms with Crippen LogP contribution >= 0.6 is 0 Å². The monoisotopic (exact) mass is 867 g/mol. The number of rotatable bonds is 6. The van der Waals surface area contributed by atoms with Crippen molar-refractivity contribution in [1.82, 2.24) is 9.55 Å². The quantitative estimate of drug-likeness (QED) is 0.123. The fourth-order valence-corrected chi connectivity index (χ4v) is 8.13. The molecule has 9 rings (SSSR count). The maximum absolute atomic E-state index is 4.87. The molecule has 2 aromatic heterocycles. The van der Waals surface area contributed by atoms with Gasteiger partial charge in [-0.2, -0.15) is 36.4 Å². The Hall–Kier alpha value is -5.44. The Labute approximate surface area is 326 Å². The van der Waals surface area contributed by atoms with Gasteiger partial charge in [0.25, 0.3) is 0 Å². The Morgan fingerprint density at radius 3 is 1.94 bits per heavy atom. The molecule has 5 heteroatoms. The third-order valence-corrected chi connectivity index (χ3v) is 10.6. The van der Waals surface area contributed by atoms with E-state index >= 15 is 0 Å². The molecule has 0 spiro atoms. The van der Waals surface area contributed by atoms with E-state index in [4.69, 9.17) is 4.98 Å². The average Bonchev–Trinajstić information content (AvgIpc) is 3.73. The van der Waals surface area contributed by atoms with E-state index in [0.717, 1.165) is 62.4 Å². The largest absolute Gasteiger partial charge is 2.00 e. The first kappa shape index (κ1) is 34.6. The van der Waals surface area contributed by atoms with Crippen molar-refractivity contribution in [3.05, 3.63) is 198 Å². The molecule has 53 heavy (non-hydrogen) atoms. The van der Waals surface area contributed by atoms with Gasteiger partial charge in [-0.15, -0.1) is 22.6 Å². The molecule has 0 saturated carbocycles. The van der Waals surface area contributed by atoms with Gasteiger partial charge in [0.05, 0.1) is 18.0 Å². The van der Waals surface area contributed by atoms with Crippen molar-refractivity contribution in [2.45, 2.75) is 38.6 Å². The molecule has 0 unspecified atom stereocenters. The summed E-state index contributed by atoms with van der Waals surface area (Å²) in [5.41, 5.74) is 10.4. The summed E-state index contributed by atoms with van der Waals surface area (Å²) in [4.78, 5) is 9.75. The molecule has 0 bridgehead atoms. The molecule has 6 aromatic carbocycles. The maximum atomic E-state index is 4.87. The van der Waals surface area contributed by atoms with Crippen molar-refractivity contribution in [2.24, 2.45) is 0 Å². The number of para-hydroxylation sites is 3. The Kier molecular flexibility index (Phi) is 8.83. The number of benzene rings is 6. The fourth-order valence-electron chi connectivity index (χ4n) is 8.13. The van der Waals surface area contributed by atoms with E-state index in [1.165, 1.54) is 16.8 Å². The molecular formula is C48H40N4Pt. The zero-order valence-electron chi connectivity index (χ0n) is 30.3. The molecule has 0 N–H and O–H groups in total. The van der Waals surface area contributed by atoms with Crippen molar-refractivity contribution in [3.63, 3.8) is 0 Å². The predicted molar refractivity (Wildman–Crippen MR) is 215 cm³/mol. The van der Waals surface area contributed by atoms with Gasteiger partial charge in [-0.3, -0.25) is 0 Å². The first-order valence-corrected chi connectivity index (χ1v) is 18.0. The van der Waals surface area contributed by atoms with Crippen LogP contribution in [0.2, 0.25) is 0 Å². The van der Waals surface area contributed by atoms with Gasteiger partial charge in [0.1, 0.15) is 5.82 Å². The van der Waals surface area contributed by atoms with Crippen LogP contribution in [-0.2, 0) is 26.5 Å². The minimum atomic E-state index is -0.739. The molecule has 0 aliphatic carbocycles. The third kappa shape index (κ3) is 5.68. The van der Waals surface area contributed by atoms with Crippen molar-refractivity contribution >= 4 is 38.9 Å². The standard InChI is InChI=1S/C48H40N4.Pt/c1-34-28-29-49-46(30-34)52-42-23-12-11-22-40(42)41-27-26-38(32-45(41)52)48(35-16-7-5-8-17-35,36-18-9-6-10-19-36)37-20-15-21-39(31-37)50-33-51(47(2,3)4)44-25-14-13-24-43(44)50;/h5-30H,33H2,1-4H3;/q-2;+2. The van der Waals surface area contributed by atoms with Crippen LogP contribution in [0.4, 0.5) is 17.1 Å². The van der Waals surface area contributed by atoms with Crippen LogP contribution in [0, 0.1) is 19.1 Å². The minimum Gasteiger partial charge on any atom is -0.347 e. The second-order valence-electron chi connectivity index (χ2n) is 14.8. The second kappa shape index (κ2) is 13.5. The SMILES string of the molecule is Cc1ccnc(-n2c3[c-]c(C(c4[c-]c(N5CN(C(C)(C)C)c6ccccc65)ccc4)(c4ccccc4)c4ccccc4)ccc3c3ccccc32)c1.[Pt+2]. The molecule has 262 valence electrons. The second-order valence-corrected chi connectivity index (χ2v) is 14.8. The Morgan fingerprint density at radius 1 is 0.604 bits per heavy atom. The molecule has 1 aliphatic rings. The van der Waals surface area contributed by atoms with Gasteiger partial charge in [-0.05, 0) is 80.1 Å². The summed E-state index contributed by atoms with van der Waals surface area (Å²) in [5.74, 6) is 0.884. The number of nitrogens with zero attached hydrogens (tertiary/aromatic N) is 4. The summed E-state index contributed by atoms with van der Waals surface area (Å²) in [6.07, 6.45) is 1.89. The summed E-state index contributed by atoms with van der Waals surface area (Å²) in [7, 11) is 0. The topological polar surface area (TPSA) is 24.3 Å².